The molecule has 0 saturated heterocycles. The number of hydrogen-bond donors (Lipinski definition) is 2. The van der Waals surface area contributed by atoms with E-state index in [0.29, 0.717) is 46.7 Å². The molecule has 0 aliphatic carbocycles. The average molecular weight is 559 g/mol. The third-order valence-corrected chi connectivity index (χ3v) is 6.91. The summed E-state index contributed by atoms with van der Waals surface area (Å²) in [5.41, 5.74) is 4.23. The van der Waals surface area contributed by atoms with E-state index in [1.54, 1.807) is 16.8 Å². The Kier molecular flexibility index (Phi) is 7.17. The van der Waals surface area contributed by atoms with Crippen LogP contribution in [0.1, 0.15) is 24.1 Å². The standard InChI is InChI=1S/C32H26N6O4/c1-21-28(31(39)34-25-10-6-3-7-11-25)29(23-14-18-27(19-15-23)42-20-22-8-4-2-5-9-22)37-32(33-21)35-30(36-37)24-12-16-26(17-13-24)38(40)41/h2-19,29H,20H2,1H3,(H,34,39)(H,33,35,36). The number of ether oxygens (including phenoxy) is 1. The number of non-ortho nitro benzene ring substituents is 1. The van der Waals surface area contributed by atoms with Gasteiger partial charge >= 0.3 is 0 Å². The Bertz CT molecular complexity index is 1770. The zero-order valence-electron chi connectivity index (χ0n) is 22.6. The lowest BCUT2D eigenvalue weighted by atomic mass is 9.95. The first-order valence-electron chi connectivity index (χ1n) is 13.3. The molecular formula is C32H26N6O4. The third kappa shape index (κ3) is 5.46. The van der Waals surface area contributed by atoms with Crippen molar-refractivity contribution in [3.8, 4) is 17.1 Å². The number of carbonyl (C=O) groups excluding carboxylic acids is 1. The number of nitro benzene ring substituents is 1. The van der Waals surface area contributed by atoms with Gasteiger partial charge in [-0.05, 0) is 54.4 Å². The molecule has 0 fully saturated rings. The number of fused-ring (bicyclic) bond motifs is 1. The van der Waals surface area contributed by atoms with E-state index in [1.165, 1.54) is 12.1 Å². The zero-order valence-corrected chi connectivity index (χ0v) is 22.6. The van der Waals surface area contributed by atoms with Gasteiger partial charge in [-0.2, -0.15) is 4.98 Å². The van der Waals surface area contributed by atoms with Crippen LogP contribution in [0.5, 0.6) is 5.75 Å². The summed E-state index contributed by atoms with van der Waals surface area (Å²) in [6, 6.07) is 32.2. The predicted molar refractivity (Wildman–Crippen MR) is 159 cm³/mol. The molecule has 0 spiro atoms. The van der Waals surface area contributed by atoms with Gasteiger partial charge in [-0.3, -0.25) is 14.9 Å². The quantitative estimate of drug-likeness (QED) is 0.168. The minimum atomic E-state index is -0.604. The number of nitrogens with one attached hydrogen (secondary N) is 2. The van der Waals surface area contributed by atoms with Gasteiger partial charge in [0, 0.05) is 29.1 Å². The molecule has 10 nitrogen and oxygen atoms in total. The Balaban J connectivity index is 1.35. The van der Waals surface area contributed by atoms with Crippen LogP contribution in [0, 0.1) is 10.1 Å². The highest BCUT2D eigenvalue weighted by molar-refractivity contribution is 6.06. The minimum absolute atomic E-state index is 0.0225. The SMILES string of the molecule is CC1=C(C(=O)Nc2ccccc2)C(c2ccc(OCc3ccccc3)cc2)n2nc(-c3ccc([N+](=O)[O-])cc3)nc2N1. The number of hydrogen-bond acceptors (Lipinski definition) is 7. The molecule has 10 heteroatoms. The fourth-order valence-corrected chi connectivity index (χ4v) is 4.81. The number of para-hydroxylation sites is 1. The van der Waals surface area contributed by atoms with Crippen LogP contribution in [-0.2, 0) is 11.4 Å². The van der Waals surface area contributed by atoms with Crippen molar-refractivity contribution in [2.75, 3.05) is 10.6 Å². The average Bonchev–Trinajstić information content (AvgIpc) is 3.44. The van der Waals surface area contributed by atoms with Crippen molar-refractivity contribution in [1.82, 2.24) is 14.8 Å². The zero-order chi connectivity index (χ0) is 29.1. The first-order valence-corrected chi connectivity index (χ1v) is 13.3. The molecule has 1 aliphatic heterocycles. The molecule has 5 aromatic rings. The second-order valence-electron chi connectivity index (χ2n) is 9.74. The fraction of sp³-hybridized carbons (Fsp3) is 0.0938. The molecule has 4 aromatic carbocycles. The molecule has 42 heavy (non-hydrogen) atoms. The highest BCUT2D eigenvalue weighted by Crippen LogP contribution is 2.37. The molecule has 2 N–H and O–H groups in total. The summed E-state index contributed by atoms with van der Waals surface area (Å²) < 4.78 is 7.65. The normalized spacial score (nSPS) is 14.1. The molecule has 1 amide bonds. The van der Waals surface area contributed by atoms with Crippen LogP contribution in [0.25, 0.3) is 11.4 Å². The summed E-state index contributed by atoms with van der Waals surface area (Å²) in [5.74, 6) is 1.24. The largest absolute Gasteiger partial charge is 0.489 e. The molecule has 1 aliphatic rings. The Morgan fingerprint density at radius 1 is 0.952 bits per heavy atom. The van der Waals surface area contributed by atoms with Crippen LogP contribution in [0.4, 0.5) is 17.3 Å². The number of carbonyl (C=O) groups is 1. The van der Waals surface area contributed by atoms with E-state index in [-0.39, 0.29) is 11.6 Å². The van der Waals surface area contributed by atoms with Crippen molar-refractivity contribution < 1.29 is 14.5 Å². The number of rotatable bonds is 8. The van der Waals surface area contributed by atoms with Gasteiger partial charge in [-0.1, -0.05) is 60.7 Å². The highest BCUT2D eigenvalue weighted by atomic mass is 16.6. The lowest BCUT2D eigenvalue weighted by molar-refractivity contribution is -0.384. The molecule has 0 saturated carbocycles. The molecular weight excluding hydrogens is 532 g/mol. The van der Waals surface area contributed by atoms with E-state index in [1.807, 2.05) is 91.9 Å². The topological polar surface area (TPSA) is 124 Å². The predicted octanol–water partition coefficient (Wildman–Crippen LogP) is 6.36. The van der Waals surface area contributed by atoms with Crippen molar-refractivity contribution >= 4 is 23.2 Å². The number of aromatic nitrogens is 3. The highest BCUT2D eigenvalue weighted by Gasteiger charge is 2.34. The maximum absolute atomic E-state index is 13.7. The van der Waals surface area contributed by atoms with Crippen LogP contribution < -0.4 is 15.4 Å². The molecule has 208 valence electrons. The van der Waals surface area contributed by atoms with E-state index in [9.17, 15) is 14.9 Å². The minimum Gasteiger partial charge on any atom is -0.489 e. The van der Waals surface area contributed by atoms with Gasteiger partial charge in [-0.25, -0.2) is 4.68 Å². The maximum Gasteiger partial charge on any atom is 0.269 e. The second kappa shape index (κ2) is 11.4. The summed E-state index contributed by atoms with van der Waals surface area (Å²) >= 11 is 0. The number of anilines is 2. The van der Waals surface area contributed by atoms with Crippen LogP contribution in [0.3, 0.4) is 0 Å². The Morgan fingerprint density at radius 2 is 1.62 bits per heavy atom. The van der Waals surface area contributed by atoms with E-state index < -0.39 is 11.0 Å². The van der Waals surface area contributed by atoms with Gasteiger partial charge in [0.2, 0.25) is 5.95 Å². The molecule has 6 rings (SSSR count). The van der Waals surface area contributed by atoms with Gasteiger partial charge in [0.1, 0.15) is 18.4 Å². The second-order valence-corrected chi connectivity index (χ2v) is 9.74. The Hall–Kier alpha value is -5.77. The summed E-state index contributed by atoms with van der Waals surface area (Å²) in [5, 5.41) is 22.1. The summed E-state index contributed by atoms with van der Waals surface area (Å²) in [6.45, 7) is 2.26. The van der Waals surface area contributed by atoms with Crippen molar-refractivity contribution in [2.45, 2.75) is 19.6 Å². The lowest BCUT2D eigenvalue weighted by Gasteiger charge is -2.28. The smallest absolute Gasteiger partial charge is 0.269 e. The van der Waals surface area contributed by atoms with E-state index >= 15 is 0 Å². The Labute approximate surface area is 241 Å². The number of benzene rings is 4. The van der Waals surface area contributed by atoms with Crippen LogP contribution in [0.15, 0.2) is 120 Å². The van der Waals surface area contributed by atoms with Crippen molar-refractivity contribution in [2.24, 2.45) is 0 Å². The molecule has 0 bridgehead atoms. The maximum atomic E-state index is 13.7. The third-order valence-electron chi connectivity index (χ3n) is 6.91. The van der Waals surface area contributed by atoms with Gasteiger partial charge in [-0.15, -0.1) is 5.10 Å². The van der Waals surface area contributed by atoms with E-state index in [4.69, 9.17) is 9.84 Å². The summed E-state index contributed by atoms with van der Waals surface area (Å²) in [7, 11) is 0. The number of nitrogens with zero attached hydrogens (tertiary/aromatic N) is 4. The monoisotopic (exact) mass is 558 g/mol. The number of amides is 1. The van der Waals surface area contributed by atoms with Gasteiger partial charge in [0.05, 0.1) is 10.5 Å². The molecule has 1 unspecified atom stereocenters. The first kappa shape index (κ1) is 26.5. The van der Waals surface area contributed by atoms with Crippen LogP contribution >= 0.6 is 0 Å². The van der Waals surface area contributed by atoms with Crippen LogP contribution in [0.2, 0.25) is 0 Å². The van der Waals surface area contributed by atoms with Crippen LogP contribution in [-0.4, -0.2) is 25.6 Å². The summed E-state index contributed by atoms with van der Waals surface area (Å²) in [6.07, 6.45) is 0. The number of allylic oxidation sites excluding steroid dienone is 1. The number of nitro groups is 1. The van der Waals surface area contributed by atoms with E-state index in [2.05, 4.69) is 15.6 Å². The molecule has 0 radical (unpaired) electrons. The molecule has 2 heterocycles. The lowest BCUT2D eigenvalue weighted by Crippen LogP contribution is -2.31. The van der Waals surface area contributed by atoms with Crippen molar-refractivity contribution in [1.29, 1.82) is 0 Å². The molecule has 1 atom stereocenters. The van der Waals surface area contributed by atoms with E-state index in [0.717, 1.165) is 11.1 Å². The first-order chi connectivity index (χ1) is 20.5. The van der Waals surface area contributed by atoms with Gasteiger partial charge in [0.15, 0.2) is 5.82 Å². The van der Waals surface area contributed by atoms with Gasteiger partial charge in [0.25, 0.3) is 11.6 Å². The summed E-state index contributed by atoms with van der Waals surface area (Å²) in [4.78, 5) is 29.0. The molecule has 1 aromatic heterocycles. The Morgan fingerprint density at radius 3 is 2.29 bits per heavy atom. The van der Waals surface area contributed by atoms with Gasteiger partial charge < -0.3 is 15.4 Å². The van der Waals surface area contributed by atoms with Crippen molar-refractivity contribution in [3.63, 3.8) is 0 Å². The van der Waals surface area contributed by atoms with Crippen molar-refractivity contribution in [3.05, 3.63) is 142 Å². The fourth-order valence-electron chi connectivity index (χ4n) is 4.81.